The number of benzene rings is 4. The van der Waals surface area contributed by atoms with Gasteiger partial charge in [0.2, 0.25) is 11.8 Å². The van der Waals surface area contributed by atoms with E-state index in [9.17, 15) is 14.0 Å². The lowest BCUT2D eigenvalue weighted by Crippen LogP contribution is -2.78. The van der Waals surface area contributed by atoms with E-state index in [1.54, 1.807) is 52.3 Å². The summed E-state index contributed by atoms with van der Waals surface area (Å²) in [5.41, 5.74) is 6.10. The van der Waals surface area contributed by atoms with Crippen LogP contribution in [0.15, 0.2) is 92.3 Å². The Morgan fingerprint density at radius 2 is 1.46 bits per heavy atom. The zero-order valence-electron chi connectivity index (χ0n) is 42.0. The molecule has 9 heterocycles. The second-order valence-electron chi connectivity index (χ2n) is 20.7. The van der Waals surface area contributed by atoms with E-state index < -0.39 is 28.9 Å². The Bertz CT molecular complexity index is 3930. The zero-order chi connectivity index (χ0) is 54.1. The molecule has 2 N–H and O–H groups in total. The predicted octanol–water partition coefficient (Wildman–Crippen LogP) is 9.17. The van der Waals surface area contributed by atoms with Crippen LogP contribution in [0.3, 0.4) is 0 Å². The maximum Gasteiger partial charge on any atom is 0.319 e. The Morgan fingerprint density at radius 1 is 0.769 bits per heavy atom. The van der Waals surface area contributed by atoms with Gasteiger partial charge in [-0.1, -0.05) is 78.8 Å². The fourth-order valence-corrected chi connectivity index (χ4v) is 13.1. The fraction of sp³-hybridized carbons (Fsp3) is 0.298. The van der Waals surface area contributed by atoms with Crippen molar-refractivity contribution in [1.29, 1.82) is 0 Å². The average Bonchev–Trinajstić information content (AvgIpc) is 4.28. The number of rotatable bonds is 11. The van der Waals surface area contributed by atoms with Crippen LogP contribution in [0.2, 0.25) is 10.0 Å². The number of likely N-dealkylation sites (N-methyl/N-ethyl adjacent to an activating group) is 1. The molecule has 0 unspecified atom stereocenters. The number of nitrogens with two attached hydrogens (primary N) is 1. The quantitative estimate of drug-likeness (QED) is 0.0965. The molecule has 0 bridgehead atoms. The van der Waals surface area contributed by atoms with E-state index in [0.717, 1.165) is 19.4 Å². The summed E-state index contributed by atoms with van der Waals surface area (Å²) in [6.45, 7) is 9.94. The van der Waals surface area contributed by atoms with E-state index in [1.807, 2.05) is 16.8 Å². The molecule has 0 aliphatic carbocycles. The number of ether oxygens (including phenoxy) is 1. The molecule has 4 aromatic heterocycles. The third-order valence-electron chi connectivity index (χ3n) is 16.6. The molecular weight excluding hydrogens is 1050 g/mol. The summed E-state index contributed by atoms with van der Waals surface area (Å²) in [4.78, 5) is 63.6. The van der Waals surface area contributed by atoms with E-state index >= 15 is 13.2 Å². The van der Waals surface area contributed by atoms with Gasteiger partial charge < -0.3 is 35.0 Å². The molecule has 2 amide bonds. The Labute approximate surface area is 453 Å². The monoisotopic (exact) mass is 1090 g/mol. The van der Waals surface area contributed by atoms with Gasteiger partial charge in [-0.3, -0.25) is 19.6 Å². The number of likely N-dealkylation sites (tertiary alicyclic amines) is 3. The highest BCUT2D eigenvalue weighted by molar-refractivity contribution is 6.37. The number of nitrogens with zero attached hydrogens (tertiary/aromatic N) is 11. The number of hydrogen-bond acceptors (Lipinski definition) is 13. The van der Waals surface area contributed by atoms with Crippen molar-refractivity contribution < 1.29 is 31.9 Å². The van der Waals surface area contributed by atoms with Gasteiger partial charge in [-0.2, -0.15) is 9.97 Å². The third-order valence-corrected chi connectivity index (χ3v) is 17.3. The first kappa shape index (κ1) is 50.0. The minimum Gasteiger partial charge on any atom is -0.462 e. The first-order valence-corrected chi connectivity index (χ1v) is 26.4. The van der Waals surface area contributed by atoms with Crippen molar-refractivity contribution in [2.24, 2.45) is 5.73 Å². The first-order valence-electron chi connectivity index (χ1n) is 25.7. The second-order valence-corrected chi connectivity index (χ2v) is 21.4. The molecule has 5 saturated heterocycles. The minimum absolute atomic E-state index is 0.0576. The number of carbonyl (C=O) groups excluding carboxylic acids is 2. The van der Waals surface area contributed by atoms with E-state index in [1.165, 1.54) is 36.7 Å². The van der Waals surface area contributed by atoms with Crippen molar-refractivity contribution in [3.63, 3.8) is 0 Å². The van der Waals surface area contributed by atoms with Crippen LogP contribution in [0, 0.1) is 23.3 Å². The number of anilines is 2. The van der Waals surface area contributed by atoms with Crippen LogP contribution < -0.4 is 20.3 Å². The topological polar surface area (TPSA) is 163 Å². The smallest absolute Gasteiger partial charge is 0.319 e. The summed E-state index contributed by atoms with van der Waals surface area (Å²) < 4.78 is 72.9. The maximum absolute atomic E-state index is 17.7. The molecule has 4 aromatic carbocycles. The van der Waals surface area contributed by atoms with Gasteiger partial charge in [0.05, 0.1) is 45.5 Å². The van der Waals surface area contributed by atoms with Crippen LogP contribution >= 0.6 is 23.2 Å². The first-order chi connectivity index (χ1) is 37.7. The summed E-state index contributed by atoms with van der Waals surface area (Å²) in [6.07, 6.45) is 8.35. The molecule has 13 rings (SSSR count). The summed E-state index contributed by atoms with van der Waals surface area (Å²) in [7, 11) is 2.02. The summed E-state index contributed by atoms with van der Waals surface area (Å²) >= 11 is 13.4. The number of pyridine rings is 2. The number of hydrogen-bond donors (Lipinski definition) is 1. The van der Waals surface area contributed by atoms with Crippen LogP contribution in [-0.4, -0.2) is 133 Å². The molecule has 5 aliphatic heterocycles. The van der Waals surface area contributed by atoms with Crippen LogP contribution in [0.1, 0.15) is 37.1 Å². The molecule has 8 aromatic rings. The number of halogens is 6. The normalized spacial score (nSPS) is 21.8. The van der Waals surface area contributed by atoms with Gasteiger partial charge in [0.1, 0.15) is 63.8 Å². The van der Waals surface area contributed by atoms with Crippen molar-refractivity contribution in [1.82, 2.24) is 44.6 Å². The lowest BCUT2D eigenvalue weighted by atomic mass is 9.89. The van der Waals surface area contributed by atoms with Crippen LogP contribution in [0.4, 0.5) is 29.2 Å². The molecule has 0 saturated carbocycles. The number of fused-ring (bicyclic) bond motifs is 6. The Kier molecular flexibility index (Phi) is 12.1. The molecule has 5 atom stereocenters. The van der Waals surface area contributed by atoms with E-state index in [2.05, 4.69) is 33.0 Å². The molecule has 5 fully saturated rings. The van der Waals surface area contributed by atoms with Crippen molar-refractivity contribution >= 4 is 90.0 Å². The number of carbonyl (C=O) groups is 2. The van der Waals surface area contributed by atoms with E-state index in [4.69, 9.17) is 48.6 Å². The standard InChI is InChI=1S/C57H48Cl2F4N12O3/c1-4-42(76)72-19-16-38-39(72)25-73(38)54-34-23-65-50(32-12-6-9-28-14-15-36(60)46(58)44(28)32)48(62)52(34)67-41(68-54)22-29-21-37(61)47(59)45-31(29)11-7-13-33(45)51-49(63)53-35(24-66-51)55(70-56(69-53)78-26-30-10-8-18-71(30)3)74-27-57(64)40(74)17-20-75(57)43(77)5-2/h4-7,9,11-15,21,23-24,30,38-40H,1-2,8,10,16-20,22,25-27,64H2,3H3/t30-,38+,39+,40+,57+/m0/s1. The van der Waals surface area contributed by atoms with Gasteiger partial charge in [0.25, 0.3) is 0 Å². The fourth-order valence-electron chi connectivity index (χ4n) is 12.6. The molecule has 396 valence electrons. The van der Waals surface area contributed by atoms with Gasteiger partial charge in [-0.25, -0.2) is 27.5 Å². The highest BCUT2D eigenvalue weighted by atomic mass is 35.5. The number of aromatic nitrogens is 6. The SMILES string of the molecule is C=CC(=O)N1CC[C@@H]2[C@H]1CN2c1nc(Cc2cc(F)c(Cl)c3c(-c4ncc5c(N6C[C@]7(N)[C@H]6CCN7C(=O)C=C)nc(OC[C@@H]6CCCN6C)nc5c4F)cccc23)nc2c(F)c(-c3cccc4ccc(F)c(Cl)c34)ncc12. The molecule has 15 nitrogen and oxygen atoms in total. The zero-order valence-corrected chi connectivity index (χ0v) is 43.5. The largest absolute Gasteiger partial charge is 0.462 e. The van der Waals surface area contributed by atoms with Gasteiger partial charge in [-0.15, -0.1) is 0 Å². The predicted molar refractivity (Wildman–Crippen MR) is 290 cm³/mol. The van der Waals surface area contributed by atoms with E-state index in [0.29, 0.717) is 60.4 Å². The third kappa shape index (κ3) is 7.67. The highest BCUT2D eigenvalue weighted by Gasteiger charge is 2.60. The molecule has 5 aliphatic rings. The van der Waals surface area contributed by atoms with Crippen LogP contribution in [0.25, 0.3) is 65.9 Å². The molecular formula is C57H48Cl2F4N12O3. The van der Waals surface area contributed by atoms with Gasteiger partial charge >= 0.3 is 6.01 Å². The molecule has 21 heteroatoms. The second kappa shape index (κ2) is 18.8. The van der Waals surface area contributed by atoms with Gasteiger partial charge in [0, 0.05) is 66.4 Å². The summed E-state index contributed by atoms with van der Waals surface area (Å²) in [5.74, 6) is -2.84. The van der Waals surface area contributed by atoms with Crippen molar-refractivity contribution in [3.05, 3.63) is 137 Å². The highest BCUT2D eigenvalue weighted by Crippen LogP contribution is 2.47. The maximum atomic E-state index is 17.7. The summed E-state index contributed by atoms with van der Waals surface area (Å²) in [6, 6.07) is 13.4. The van der Waals surface area contributed by atoms with Crippen molar-refractivity contribution in [2.45, 2.75) is 61.9 Å². The van der Waals surface area contributed by atoms with Crippen LogP contribution in [-0.2, 0) is 16.0 Å². The Morgan fingerprint density at radius 3 is 2.18 bits per heavy atom. The van der Waals surface area contributed by atoms with E-state index in [-0.39, 0.29) is 133 Å². The van der Waals surface area contributed by atoms with Crippen molar-refractivity contribution in [3.8, 4) is 28.5 Å². The number of amides is 2. The average molecular weight is 1100 g/mol. The molecule has 0 radical (unpaired) electrons. The minimum atomic E-state index is -1.01. The molecule has 78 heavy (non-hydrogen) atoms. The van der Waals surface area contributed by atoms with Crippen molar-refractivity contribution in [2.75, 3.05) is 56.2 Å². The summed E-state index contributed by atoms with van der Waals surface area (Å²) in [5, 5.41) is 1.47. The Balaban J connectivity index is 0.923. The van der Waals surface area contributed by atoms with Crippen LogP contribution in [0.5, 0.6) is 6.01 Å². The lowest BCUT2D eigenvalue weighted by molar-refractivity contribution is -0.131. The van der Waals surface area contributed by atoms with Gasteiger partial charge in [0.15, 0.2) is 11.6 Å². The van der Waals surface area contributed by atoms with Gasteiger partial charge in [-0.05, 0) is 79.9 Å². The Hall–Kier alpha value is -7.58. The molecule has 0 spiro atoms. The lowest BCUT2D eigenvalue weighted by Gasteiger charge is -2.55.